The summed E-state index contributed by atoms with van der Waals surface area (Å²) in [5.41, 5.74) is 7.19. The lowest BCUT2D eigenvalue weighted by molar-refractivity contribution is 0.102. The van der Waals surface area contributed by atoms with Gasteiger partial charge in [0.2, 0.25) is 0 Å². The van der Waals surface area contributed by atoms with Gasteiger partial charge in [0.15, 0.2) is 5.84 Å². The van der Waals surface area contributed by atoms with E-state index in [0.29, 0.717) is 11.4 Å². The predicted octanol–water partition coefficient (Wildman–Crippen LogP) is 3.13. The molecule has 0 bridgehead atoms. The van der Waals surface area contributed by atoms with E-state index >= 15 is 0 Å². The second kappa shape index (κ2) is 8.82. The van der Waals surface area contributed by atoms with E-state index in [4.69, 9.17) is 10.9 Å². The average molecular weight is 407 g/mol. The van der Waals surface area contributed by atoms with Gasteiger partial charge in [-0.3, -0.25) is 9.59 Å². The van der Waals surface area contributed by atoms with Gasteiger partial charge in [-0.2, -0.15) is 0 Å². The SMILES string of the molecule is Cc1ccc(NC(=O)c2cc(F)ccc2NC(=O)c2ccc(/C(N)=N\O)cc2)nc1. The number of amides is 2. The standard InChI is InChI=1S/C21H18FN5O3/c1-12-2-9-18(24-11-12)26-21(29)16-10-15(22)7-8-17(16)25-20(28)14-5-3-13(4-6-14)19(23)27-30/h2-11,30H,1H3,(H2,23,27)(H,25,28)(H,24,26,29). The second-order valence-electron chi connectivity index (χ2n) is 6.38. The molecule has 0 aliphatic heterocycles. The minimum Gasteiger partial charge on any atom is -0.409 e. The molecule has 9 heteroatoms. The third kappa shape index (κ3) is 4.76. The van der Waals surface area contributed by atoms with Crippen LogP contribution in [0, 0.1) is 12.7 Å². The number of nitrogens with zero attached hydrogens (tertiary/aromatic N) is 2. The van der Waals surface area contributed by atoms with E-state index in [1.165, 1.54) is 30.3 Å². The van der Waals surface area contributed by atoms with Crippen molar-refractivity contribution in [2.24, 2.45) is 10.9 Å². The summed E-state index contributed by atoms with van der Waals surface area (Å²) in [7, 11) is 0. The number of nitrogens with one attached hydrogen (secondary N) is 2. The number of hydrogen-bond donors (Lipinski definition) is 4. The minimum atomic E-state index is -0.627. The van der Waals surface area contributed by atoms with Gasteiger partial charge in [0, 0.05) is 17.3 Å². The summed E-state index contributed by atoms with van der Waals surface area (Å²) >= 11 is 0. The van der Waals surface area contributed by atoms with Crippen molar-refractivity contribution in [1.82, 2.24) is 4.98 Å². The highest BCUT2D eigenvalue weighted by Gasteiger charge is 2.16. The molecule has 0 unspecified atom stereocenters. The Morgan fingerprint density at radius 3 is 2.33 bits per heavy atom. The Morgan fingerprint density at radius 2 is 1.70 bits per heavy atom. The first kappa shape index (κ1) is 20.5. The molecule has 0 atom stereocenters. The van der Waals surface area contributed by atoms with Crippen molar-refractivity contribution >= 4 is 29.2 Å². The van der Waals surface area contributed by atoms with Gasteiger partial charge in [-0.25, -0.2) is 9.37 Å². The van der Waals surface area contributed by atoms with Gasteiger partial charge >= 0.3 is 0 Å². The third-order valence-corrected chi connectivity index (χ3v) is 4.18. The molecule has 0 radical (unpaired) electrons. The number of hydrogen-bond acceptors (Lipinski definition) is 5. The van der Waals surface area contributed by atoms with Crippen molar-refractivity contribution in [3.05, 3.63) is 88.9 Å². The Bertz CT molecular complexity index is 1110. The summed E-state index contributed by atoms with van der Waals surface area (Å²) in [4.78, 5) is 29.3. The van der Waals surface area contributed by atoms with Crippen LogP contribution in [0.5, 0.6) is 0 Å². The van der Waals surface area contributed by atoms with Crippen LogP contribution in [-0.2, 0) is 0 Å². The molecule has 5 N–H and O–H groups in total. The molecule has 0 saturated carbocycles. The number of benzene rings is 2. The number of nitrogens with two attached hydrogens (primary N) is 1. The first-order valence-corrected chi connectivity index (χ1v) is 8.80. The van der Waals surface area contributed by atoms with Gasteiger partial charge in [-0.15, -0.1) is 0 Å². The summed E-state index contributed by atoms with van der Waals surface area (Å²) in [6, 6.07) is 12.8. The Morgan fingerprint density at radius 1 is 1.00 bits per heavy atom. The van der Waals surface area contributed by atoms with Gasteiger partial charge in [0.25, 0.3) is 11.8 Å². The number of rotatable bonds is 5. The highest BCUT2D eigenvalue weighted by Crippen LogP contribution is 2.20. The van der Waals surface area contributed by atoms with Crippen LogP contribution in [0.4, 0.5) is 15.9 Å². The van der Waals surface area contributed by atoms with Crippen LogP contribution in [0.15, 0.2) is 65.9 Å². The fourth-order valence-corrected chi connectivity index (χ4v) is 2.58. The normalized spacial score (nSPS) is 11.1. The van der Waals surface area contributed by atoms with Crippen LogP contribution < -0.4 is 16.4 Å². The summed E-state index contributed by atoms with van der Waals surface area (Å²) < 4.78 is 13.8. The van der Waals surface area contributed by atoms with Gasteiger partial charge in [0.05, 0.1) is 11.3 Å². The van der Waals surface area contributed by atoms with Crippen molar-refractivity contribution in [3.63, 3.8) is 0 Å². The number of aryl methyl sites for hydroxylation is 1. The molecule has 2 aromatic carbocycles. The van der Waals surface area contributed by atoms with Crippen molar-refractivity contribution < 1.29 is 19.2 Å². The number of anilines is 2. The molecular formula is C21H18FN5O3. The maximum atomic E-state index is 13.8. The van der Waals surface area contributed by atoms with Crippen LogP contribution in [0.3, 0.4) is 0 Å². The van der Waals surface area contributed by atoms with E-state index in [9.17, 15) is 14.0 Å². The predicted molar refractivity (Wildman–Crippen MR) is 110 cm³/mol. The lowest BCUT2D eigenvalue weighted by Crippen LogP contribution is -2.19. The molecule has 0 aliphatic carbocycles. The maximum absolute atomic E-state index is 13.8. The number of carbonyl (C=O) groups is 2. The zero-order valence-corrected chi connectivity index (χ0v) is 15.9. The highest BCUT2D eigenvalue weighted by molar-refractivity contribution is 6.12. The molecule has 0 spiro atoms. The Kier molecular flexibility index (Phi) is 6.02. The van der Waals surface area contributed by atoms with Crippen LogP contribution in [-0.4, -0.2) is 27.8 Å². The Labute approximate surface area is 171 Å². The summed E-state index contributed by atoms with van der Waals surface area (Å²) in [6.07, 6.45) is 1.59. The van der Waals surface area contributed by atoms with Crippen molar-refractivity contribution in [1.29, 1.82) is 0 Å². The molecule has 1 heterocycles. The molecule has 0 aliphatic rings. The van der Waals surface area contributed by atoms with Gasteiger partial charge in [-0.05, 0) is 48.9 Å². The van der Waals surface area contributed by atoms with Crippen molar-refractivity contribution in [3.8, 4) is 0 Å². The first-order valence-electron chi connectivity index (χ1n) is 8.80. The zero-order valence-electron chi connectivity index (χ0n) is 15.9. The van der Waals surface area contributed by atoms with Crippen LogP contribution in [0.2, 0.25) is 0 Å². The molecular weight excluding hydrogens is 389 g/mol. The quantitative estimate of drug-likeness (QED) is 0.223. The third-order valence-electron chi connectivity index (χ3n) is 4.18. The highest BCUT2D eigenvalue weighted by atomic mass is 19.1. The smallest absolute Gasteiger partial charge is 0.259 e. The Balaban J connectivity index is 1.81. The molecule has 3 aromatic rings. The van der Waals surface area contributed by atoms with Gasteiger partial charge in [0.1, 0.15) is 11.6 Å². The molecule has 0 fully saturated rings. The van der Waals surface area contributed by atoms with E-state index in [2.05, 4.69) is 20.8 Å². The number of pyridine rings is 1. The Hall–Kier alpha value is -4.27. The number of amidine groups is 1. The fraction of sp³-hybridized carbons (Fsp3) is 0.0476. The van der Waals surface area contributed by atoms with E-state index < -0.39 is 17.6 Å². The van der Waals surface area contributed by atoms with Crippen LogP contribution in [0.1, 0.15) is 31.8 Å². The molecule has 3 rings (SSSR count). The lowest BCUT2D eigenvalue weighted by Gasteiger charge is -2.12. The zero-order chi connectivity index (χ0) is 21.7. The average Bonchev–Trinajstić information content (AvgIpc) is 2.76. The molecule has 152 valence electrons. The van der Waals surface area contributed by atoms with E-state index in [0.717, 1.165) is 17.7 Å². The maximum Gasteiger partial charge on any atom is 0.259 e. The number of aromatic nitrogens is 1. The fourth-order valence-electron chi connectivity index (χ4n) is 2.58. The van der Waals surface area contributed by atoms with Crippen LogP contribution in [0.25, 0.3) is 0 Å². The summed E-state index contributed by atoms with van der Waals surface area (Å²) in [6.45, 7) is 1.86. The minimum absolute atomic E-state index is 0.0565. The number of oxime groups is 1. The monoisotopic (exact) mass is 407 g/mol. The van der Waals surface area contributed by atoms with Crippen LogP contribution >= 0.6 is 0 Å². The molecule has 0 saturated heterocycles. The lowest BCUT2D eigenvalue weighted by atomic mass is 10.1. The topological polar surface area (TPSA) is 130 Å². The molecule has 8 nitrogen and oxygen atoms in total. The van der Waals surface area contributed by atoms with Gasteiger partial charge in [-0.1, -0.05) is 23.4 Å². The largest absolute Gasteiger partial charge is 0.409 e. The van der Waals surface area contributed by atoms with E-state index in [-0.39, 0.29) is 22.6 Å². The molecule has 30 heavy (non-hydrogen) atoms. The van der Waals surface area contributed by atoms with Crippen molar-refractivity contribution in [2.45, 2.75) is 6.92 Å². The van der Waals surface area contributed by atoms with Crippen molar-refractivity contribution in [2.75, 3.05) is 10.6 Å². The summed E-state index contributed by atoms with van der Waals surface area (Å²) in [5.74, 6) is -1.56. The van der Waals surface area contributed by atoms with Gasteiger partial charge < -0.3 is 21.6 Å². The van der Waals surface area contributed by atoms with E-state index in [1.807, 2.05) is 6.92 Å². The first-order chi connectivity index (χ1) is 14.4. The second-order valence-corrected chi connectivity index (χ2v) is 6.38. The number of carbonyl (C=O) groups excluding carboxylic acids is 2. The molecule has 2 amide bonds. The number of halogens is 1. The summed E-state index contributed by atoms with van der Waals surface area (Å²) in [5, 5.41) is 16.8. The van der Waals surface area contributed by atoms with E-state index in [1.54, 1.807) is 18.3 Å². The molecule has 1 aromatic heterocycles.